The van der Waals surface area contributed by atoms with Crippen LogP contribution < -0.4 is 10.2 Å². The van der Waals surface area contributed by atoms with Gasteiger partial charge in [0.2, 0.25) is 0 Å². The predicted octanol–water partition coefficient (Wildman–Crippen LogP) is 0.799. The molecule has 2 aromatic heterocycles. The van der Waals surface area contributed by atoms with Crippen LogP contribution in [0.25, 0.3) is 5.65 Å². The van der Waals surface area contributed by atoms with Crippen molar-refractivity contribution in [1.29, 1.82) is 0 Å². The lowest BCUT2D eigenvalue weighted by molar-refractivity contribution is -0.146. The van der Waals surface area contributed by atoms with Crippen molar-refractivity contribution in [2.45, 2.75) is 6.18 Å². The molecule has 2 aliphatic rings. The van der Waals surface area contributed by atoms with Crippen molar-refractivity contribution in [2.75, 3.05) is 31.1 Å². The fraction of sp³-hybridized carbons (Fsp3) is 0.583. The van der Waals surface area contributed by atoms with Crippen LogP contribution in [0.2, 0.25) is 0 Å². The number of nitrogens with one attached hydrogen (secondary N) is 1. The summed E-state index contributed by atoms with van der Waals surface area (Å²) in [6.07, 6.45) is -4.56. The summed E-state index contributed by atoms with van der Waals surface area (Å²) in [5, 5.41) is 14.1. The first-order chi connectivity index (χ1) is 10.0. The summed E-state index contributed by atoms with van der Waals surface area (Å²) in [5.41, 5.74) is 0.104. The Morgan fingerprint density at radius 2 is 1.81 bits per heavy atom. The Bertz CT molecular complexity index is 669. The minimum Gasteiger partial charge on any atom is -0.355 e. The fourth-order valence-corrected chi connectivity index (χ4v) is 3.17. The zero-order valence-corrected chi connectivity index (χ0v) is 11.0. The molecule has 2 saturated heterocycles. The molecule has 2 fully saturated rings. The topological polar surface area (TPSA) is 58.4 Å². The van der Waals surface area contributed by atoms with Crippen LogP contribution in [0.3, 0.4) is 0 Å². The Morgan fingerprint density at radius 1 is 1.10 bits per heavy atom. The molecule has 0 amide bonds. The summed E-state index contributed by atoms with van der Waals surface area (Å²) in [7, 11) is 0. The van der Waals surface area contributed by atoms with Crippen LogP contribution in [0.1, 0.15) is 5.82 Å². The molecule has 0 saturated carbocycles. The third kappa shape index (κ3) is 2.03. The number of rotatable bonds is 1. The smallest absolute Gasteiger partial charge is 0.355 e. The fourth-order valence-electron chi connectivity index (χ4n) is 3.17. The first-order valence-electron chi connectivity index (χ1n) is 6.78. The number of hydrogen-bond donors (Lipinski definition) is 1. The Morgan fingerprint density at radius 3 is 2.48 bits per heavy atom. The number of hydrogen-bond acceptors (Lipinski definition) is 5. The molecule has 0 bridgehead atoms. The van der Waals surface area contributed by atoms with E-state index in [9.17, 15) is 13.2 Å². The van der Waals surface area contributed by atoms with Crippen molar-refractivity contribution in [3.63, 3.8) is 0 Å². The van der Waals surface area contributed by atoms with Gasteiger partial charge in [0.25, 0.3) is 5.82 Å². The van der Waals surface area contributed by atoms with E-state index < -0.39 is 12.0 Å². The lowest BCUT2D eigenvalue weighted by Gasteiger charge is -2.18. The van der Waals surface area contributed by atoms with Gasteiger partial charge >= 0.3 is 6.18 Å². The Kier molecular flexibility index (Phi) is 2.62. The molecule has 0 radical (unpaired) electrons. The highest BCUT2D eigenvalue weighted by atomic mass is 19.4. The number of nitrogens with zero attached hydrogens (tertiary/aromatic N) is 5. The standard InChI is InChI=1S/C12H13F3N6/c13-12(14,15)11-18-17-9-1-2-10(19-21(9)11)20-5-7-3-16-4-8(7)6-20/h1-2,7-8,16H,3-6H2. The summed E-state index contributed by atoms with van der Waals surface area (Å²) in [6.45, 7) is 3.56. The largest absolute Gasteiger partial charge is 0.453 e. The molecule has 2 atom stereocenters. The SMILES string of the molecule is FC(F)(F)c1nnc2ccc(N3CC4CNCC4C3)nn12. The van der Waals surface area contributed by atoms with E-state index in [1.165, 1.54) is 6.07 Å². The highest BCUT2D eigenvalue weighted by molar-refractivity contribution is 5.47. The van der Waals surface area contributed by atoms with Gasteiger partial charge in [0.15, 0.2) is 5.65 Å². The van der Waals surface area contributed by atoms with Crippen molar-refractivity contribution >= 4 is 11.5 Å². The Balaban J connectivity index is 1.70. The van der Waals surface area contributed by atoms with Gasteiger partial charge in [-0.05, 0) is 24.0 Å². The third-order valence-electron chi connectivity index (χ3n) is 4.22. The summed E-state index contributed by atoms with van der Waals surface area (Å²) < 4.78 is 39.4. The van der Waals surface area contributed by atoms with E-state index in [4.69, 9.17) is 0 Å². The molecule has 2 aliphatic heterocycles. The van der Waals surface area contributed by atoms with Crippen LogP contribution in [0.4, 0.5) is 19.0 Å². The first kappa shape index (κ1) is 12.8. The molecule has 2 unspecified atom stereocenters. The summed E-state index contributed by atoms with van der Waals surface area (Å²) >= 11 is 0. The van der Waals surface area contributed by atoms with Gasteiger partial charge in [0.05, 0.1) is 0 Å². The van der Waals surface area contributed by atoms with E-state index in [1.54, 1.807) is 6.07 Å². The van der Waals surface area contributed by atoms with Crippen LogP contribution in [0.15, 0.2) is 12.1 Å². The number of anilines is 1. The van der Waals surface area contributed by atoms with Crippen molar-refractivity contribution < 1.29 is 13.2 Å². The quantitative estimate of drug-likeness (QED) is 0.844. The zero-order chi connectivity index (χ0) is 14.6. The first-order valence-corrected chi connectivity index (χ1v) is 6.78. The van der Waals surface area contributed by atoms with Crippen LogP contribution in [0.5, 0.6) is 0 Å². The highest BCUT2D eigenvalue weighted by Gasteiger charge is 2.39. The molecule has 0 aromatic carbocycles. The van der Waals surface area contributed by atoms with Gasteiger partial charge in [-0.1, -0.05) is 0 Å². The van der Waals surface area contributed by atoms with E-state index in [1.807, 2.05) is 4.90 Å². The molecule has 112 valence electrons. The van der Waals surface area contributed by atoms with Crippen LogP contribution >= 0.6 is 0 Å². The van der Waals surface area contributed by atoms with Gasteiger partial charge in [-0.15, -0.1) is 15.3 Å². The summed E-state index contributed by atoms with van der Waals surface area (Å²) in [6, 6.07) is 3.23. The average molecular weight is 298 g/mol. The average Bonchev–Trinajstić information content (AvgIpc) is 3.10. The number of alkyl halides is 3. The molecule has 1 N–H and O–H groups in total. The monoisotopic (exact) mass is 298 g/mol. The molecule has 6 nitrogen and oxygen atoms in total. The minimum absolute atomic E-state index is 0.104. The Hall–Kier alpha value is -1.90. The van der Waals surface area contributed by atoms with E-state index >= 15 is 0 Å². The zero-order valence-electron chi connectivity index (χ0n) is 11.0. The molecule has 0 aliphatic carbocycles. The highest BCUT2D eigenvalue weighted by Crippen LogP contribution is 2.31. The molecular weight excluding hydrogens is 285 g/mol. The molecule has 21 heavy (non-hydrogen) atoms. The molecule has 2 aromatic rings. The minimum atomic E-state index is -4.56. The second-order valence-corrected chi connectivity index (χ2v) is 5.57. The number of fused-ring (bicyclic) bond motifs is 2. The number of halogens is 3. The molecule has 4 heterocycles. The van der Waals surface area contributed by atoms with Crippen LogP contribution in [-0.2, 0) is 6.18 Å². The van der Waals surface area contributed by atoms with Gasteiger partial charge in [0.1, 0.15) is 5.82 Å². The van der Waals surface area contributed by atoms with Gasteiger partial charge < -0.3 is 10.2 Å². The van der Waals surface area contributed by atoms with E-state index in [0.717, 1.165) is 30.7 Å². The normalized spacial score (nSPS) is 25.8. The van der Waals surface area contributed by atoms with Gasteiger partial charge in [-0.2, -0.15) is 17.7 Å². The molecule has 0 spiro atoms. The maximum absolute atomic E-state index is 12.9. The summed E-state index contributed by atoms with van der Waals surface area (Å²) in [4.78, 5) is 2.04. The molecular formula is C12H13F3N6. The van der Waals surface area contributed by atoms with Crippen molar-refractivity contribution in [2.24, 2.45) is 11.8 Å². The maximum atomic E-state index is 12.9. The van der Waals surface area contributed by atoms with Crippen molar-refractivity contribution in [3.05, 3.63) is 18.0 Å². The predicted molar refractivity (Wildman–Crippen MR) is 67.8 cm³/mol. The molecule has 9 heteroatoms. The lowest BCUT2D eigenvalue weighted by atomic mass is 10.0. The third-order valence-corrected chi connectivity index (χ3v) is 4.22. The van der Waals surface area contributed by atoms with Crippen LogP contribution in [-0.4, -0.2) is 46.0 Å². The van der Waals surface area contributed by atoms with Crippen molar-refractivity contribution in [3.8, 4) is 0 Å². The maximum Gasteiger partial charge on any atom is 0.453 e. The van der Waals surface area contributed by atoms with Crippen molar-refractivity contribution in [1.82, 2.24) is 25.1 Å². The summed E-state index contributed by atoms with van der Waals surface area (Å²) in [5.74, 6) is 0.554. The van der Waals surface area contributed by atoms with Gasteiger partial charge in [-0.3, -0.25) is 0 Å². The lowest BCUT2D eigenvalue weighted by Crippen LogP contribution is -2.27. The number of aromatic nitrogens is 4. The second kappa shape index (κ2) is 4.30. The van der Waals surface area contributed by atoms with E-state index in [-0.39, 0.29) is 5.65 Å². The van der Waals surface area contributed by atoms with E-state index in [2.05, 4.69) is 20.6 Å². The second-order valence-electron chi connectivity index (χ2n) is 5.57. The van der Waals surface area contributed by atoms with Gasteiger partial charge in [0, 0.05) is 26.2 Å². The molecule has 4 rings (SSSR count). The van der Waals surface area contributed by atoms with E-state index in [0.29, 0.717) is 17.7 Å². The van der Waals surface area contributed by atoms with Crippen LogP contribution in [0, 0.1) is 11.8 Å². The Labute approximate surface area is 117 Å². The van der Waals surface area contributed by atoms with Gasteiger partial charge in [-0.25, -0.2) is 0 Å².